The topological polar surface area (TPSA) is 116 Å². The zero-order valence-electron chi connectivity index (χ0n) is 22.8. The van der Waals surface area contributed by atoms with Gasteiger partial charge in [-0.25, -0.2) is 18.7 Å². The molecule has 0 amide bonds. The molecule has 0 saturated carbocycles. The number of hydrogen-bond donors (Lipinski definition) is 1. The number of nitrogens with one attached hydrogen (secondary N) is 1. The highest BCUT2D eigenvalue weighted by molar-refractivity contribution is 5.84. The third-order valence-electron chi connectivity index (χ3n) is 7.14. The maximum Gasteiger partial charge on any atom is 0.296 e. The number of nitrogens with zero attached hydrogens (tertiary/aromatic N) is 8. The van der Waals surface area contributed by atoms with E-state index in [2.05, 4.69) is 42.2 Å². The zero-order valence-corrected chi connectivity index (χ0v) is 22.8. The first-order valence-corrected chi connectivity index (χ1v) is 13.5. The van der Waals surface area contributed by atoms with Gasteiger partial charge in [0, 0.05) is 32.2 Å². The van der Waals surface area contributed by atoms with Crippen molar-refractivity contribution in [2.75, 3.05) is 63.8 Å². The summed E-state index contributed by atoms with van der Waals surface area (Å²) in [5.41, 5.74) is 1.29. The number of morpholine rings is 1. The number of piperidine rings is 1. The summed E-state index contributed by atoms with van der Waals surface area (Å²) in [4.78, 5) is 26.6. The van der Waals surface area contributed by atoms with Crippen LogP contribution in [0.5, 0.6) is 11.6 Å². The Bertz CT molecular complexity index is 1490. The molecule has 5 heterocycles. The number of pyridine rings is 1. The molecular weight excluding hydrogens is 536 g/mol. The first-order valence-electron chi connectivity index (χ1n) is 13.5. The van der Waals surface area contributed by atoms with Crippen LogP contribution in [0.4, 0.5) is 26.4 Å². The van der Waals surface area contributed by atoms with Gasteiger partial charge in [-0.05, 0) is 38.1 Å². The second-order valence-corrected chi connectivity index (χ2v) is 9.92. The molecule has 2 fully saturated rings. The predicted octanol–water partition coefficient (Wildman–Crippen LogP) is 3.60. The molecule has 41 heavy (non-hydrogen) atoms. The molecule has 1 N–H and O–H groups in total. The zero-order chi connectivity index (χ0) is 28.3. The van der Waals surface area contributed by atoms with E-state index in [9.17, 15) is 8.78 Å². The molecule has 14 heteroatoms. The predicted molar refractivity (Wildman–Crippen MR) is 148 cm³/mol. The maximum absolute atomic E-state index is 14.3. The minimum atomic E-state index is -2.88. The summed E-state index contributed by atoms with van der Waals surface area (Å²) in [5.74, 6) is 0.929. The molecule has 216 valence electrons. The van der Waals surface area contributed by atoms with E-state index in [1.807, 2.05) is 11.0 Å². The number of benzene rings is 1. The van der Waals surface area contributed by atoms with Gasteiger partial charge in [0.25, 0.3) is 6.43 Å². The normalized spacial score (nSPS) is 16.9. The van der Waals surface area contributed by atoms with E-state index in [1.54, 1.807) is 30.5 Å². The third-order valence-corrected chi connectivity index (χ3v) is 7.14. The summed E-state index contributed by atoms with van der Waals surface area (Å²) in [6.45, 7) is 4.08. The van der Waals surface area contributed by atoms with Crippen molar-refractivity contribution < 1.29 is 23.0 Å². The number of imidazole rings is 1. The number of halogens is 2. The van der Waals surface area contributed by atoms with E-state index in [1.165, 1.54) is 11.7 Å². The van der Waals surface area contributed by atoms with Gasteiger partial charge < -0.3 is 29.3 Å². The van der Waals surface area contributed by atoms with E-state index in [0.29, 0.717) is 55.1 Å². The molecular formula is C27H31F2N9O3. The van der Waals surface area contributed by atoms with Crippen molar-refractivity contribution in [2.45, 2.75) is 25.4 Å². The highest BCUT2D eigenvalue weighted by atomic mass is 19.3. The van der Waals surface area contributed by atoms with E-state index in [0.717, 1.165) is 25.9 Å². The van der Waals surface area contributed by atoms with E-state index in [4.69, 9.17) is 14.2 Å². The summed E-state index contributed by atoms with van der Waals surface area (Å²) in [6, 6.07) is 8.66. The van der Waals surface area contributed by atoms with Crippen LogP contribution >= 0.6 is 0 Å². The SMILES string of the molecule is COc1cccc2c1nc(C(F)F)n2-c1nc(Nc2ccc(OC3CCN(C)CC3)nc2)nc(N2CCOCC2)n1. The minimum absolute atomic E-state index is 0.00484. The molecule has 12 nitrogen and oxygen atoms in total. The molecule has 0 radical (unpaired) electrons. The Hall–Kier alpha value is -4.17. The number of fused-ring (bicyclic) bond motifs is 1. The highest BCUT2D eigenvalue weighted by Gasteiger charge is 2.26. The van der Waals surface area contributed by atoms with Crippen LogP contribution in [0.2, 0.25) is 0 Å². The Balaban J connectivity index is 1.34. The van der Waals surface area contributed by atoms with Gasteiger partial charge in [-0.1, -0.05) is 6.07 Å². The van der Waals surface area contributed by atoms with Crippen molar-refractivity contribution in [1.29, 1.82) is 0 Å². The van der Waals surface area contributed by atoms with Crippen LogP contribution in [-0.2, 0) is 4.74 Å². The van der Waals surface area contributed by atoms with Crippen molar-refractivity contribution in [1.82, 2.24) is 34.4 Å². The second-order valence-electron chi connectivity index (χ2n) is 9.92. The summed E-state index contributed by atoms with van der Waals surface area (Å²) in [6.07, 6.45) is 0.780. The Kier molecular flexibility index (Phi) is 7.74. The van der Waals surface area contributed by atoms with Crippen molar-refractivity contribution >= 4 is 28.6 Å². The summed E-state index contributed by atoms with van der Waals surface area (Å²) < 4.78 is 46.7. The molecule has 0 bridgehead atoms. The van der Waals surface area contributed by atoms with Crippen LogP contribution in [0, 0.1) is 0 Å². The van der Waals surface area contributed by atoms with E-state index in [-0.39, 0.29) is 23.5 Å². The molecule has 4 aromatic rings. The maximum atomic E-state index is 14.3. The molecule has 2 aliphatic rings. The van der Waals surface area contributed by atoms with Crippen molar-refractivity contribution in [3.63, 3.8) is 0 Å². The fraction of sp³-hybridized carbons (Fsp3) is 0.444. The van der Waals surface area contributed by atoms with Crippen molar-refractivity contribution in [3.8, 4) is 17.6 Å². The second kappa shape index (κ2) is 11.7. The molecule has 0 unspecified atom stereocenters. The van der Waals surface area contributed by atoms with Gasteiger partial charge in [-0.3, -0.25) is 4.57 Å². The third kappa shape index (κ3) is 5.84. The van der Waals surface area contributed by atoms with E-state index < -0.39 is 12.2 Å². The summed E-state index contributed by atoms with van der Waals surface area (Å²) in [7, 11) is 3.57. The van der Waals surface area contributed by atoms with Gasteiger partial charge in [0.2, 0.25) is 23.7 Å². The molecule has 2 aliphatic heterocycles. The number of alkyl halides is 2. The van der Waals surface area contributed by atoms with E-state index >= 15 is 0 Å². The number of methoxy groups -OCH3 is 1. The Morgan fingerprint density at radius 3 is 2.46 bits per heavy atom. The first-order chi connectivity index (χ1) is 20.0. The molecule has 6 rings (SSSR count). The number of likely N-dealkylation sites (tertiary alicyclic amines) is 1. The number of rotatable bonds is 8. The Morgan fingerprint density at radius 1 is 0.976 bits per heavy atom. The number of para-hydroxylation sites is 1. The van der Waals surface area contributed by atoms with Gasteiger partial charge in [0.15, 0.2) is 5.82 Å². The molecule has 3 aromatic heterocycles. The van der Waals surface area contributed by atoms with Crippen LogP contribution < -0.4 is 19.7 Å². The standard InChI is InChI=1S/C27H31F2N9O3/c1-36-10-8-18(9-11-36)41-21-7-6-17(16-30-21)31-25-33-26(37-12-14-40-15-13-37)35-27(34-25)38-19-4-3-5-20(39-2)22(19)32-24(38)23(28)29/h3-7,16,18,23H,8-15H2,1-2H3,(H,31,33,34,35). The lowest BCUT2D eigenvalue weighted by molar-refractivity contribution is 0.110. The Morgan fingerprint density at radius 2 is 1.76 bits per heavy atom. The molecule has 0 aliphatic carbocycles. The van der Waals surface area contributed by atoms with Gasteiger partial charge in [0.05, 0.1) is 37.7 Å². The lowest BCUT2D eigenvalue weighted by Gasteiger charge is -2.28. The monoisotopic (exact) mass is 567 g/mol. The van der Waals surface area contributed by atoms with Crippen LogP contribution in [-0.4, -0.2) is 94.0 Å². The number of anilines is 3. The average Bonchev–Trinajstić information content (AvgIpc) is 3.40. The molecule has 0 spiro atoms. The fourth-order valence-electron chi connectivity index (χ4n) is 4.95. The molecule has 1 aromatic carbocycles. The molecule has 2 saturated heterocycles. The largest absolute Gasteiger partial charge is 0.494 e. The summed E-state index contributed by atoms with van der Waals surface area (Å²) in [5, 5.41) is 3.15. The lowest BCUT2D eigenvalue weighted by Crippen LogP contribution is -2.37. The fourth-order valence-corrected chi connectivity index (χ4v) is 4.95. The van der Waals surface area contributed by atoms with Crippen LogP contribution in [0.1, 0.15) is 25.1 Å². The van der Waals surface area contributed by atoms with Crippen LogP contribution in [0.15, 0.2) is 36.5 Å². The smallest absolute Gasteiger partial charge is 0.296 e. The van der Waals surface area contributed by atoms with Gasteiger partial charge in [-0.2, -0.15) is 15.0 Å². The number of ether oxygens (including phenoxy) is 3. The number of hydrogen-bond acceptors (Lipinski definition) is 11. The van der Waals surface area contributed by atoms with Gasteiger partial charge >= 0.3 is 0 Å². The minimum Gasteiger partial charge on any atom is -0.494 e. The van der Waals surface area contributed by atoms with Crippen molar-refractivity contribution in [2.24, 2.45) is 0 Å². The Labute approximate surface area is 235 Å². The lowest BCUT2D eigenvalue weighted by atomic mass is 10.1. The molecule has 0 atom stereocenters. The van der Waals surface area contributed by atoms with Crippen molar-refractivity contribution in [3.05, 3.63) is 42.4 Å². The number of aromatic nitrogens is 6. The van der Waals surface area contributed by atoms with Gasteiger partial charge in [0.1, 0.15) is 17.4 Å². The quantitative estimate of drug-likeness (QED) is 0.337. The van der Waals surface area contributed by atoms with Gasteiger partial charge in [-0.15, -0.1) is 0 Å². The first kappa shape index (κ1) is 27.0. The van der Waals surface area contributed by atoms with Crippen LogP contribution in [0.3, 0.4) is 0 Å². The highest BCUT2D eigenvalue weighted by Crippen LogP contribution is 2.32. The average molecular weight is 568 g/mol. The van der Waals surface area contributed by atoms with Crippen LogP contribution in [0.25, 0.3) is 17.0 Å². The summed E-state index contributed by atoms with van der Waals surface area (Å²) >= 11 is 0.